The molecule has 0 atom stereocenters. The fourth-order valence-corrected chi connectivity index (χ4v) is 2.54. The number of aromatic nitrogens is 1. The number of halogens is 6. The lowest BCUT2D eigenvalue weighted by Gasteiger charge is -2.11. The van der Waals surface area contributed by atoms with Crippen LogP contribution in [0.25, 0.3) is 22.4 Å². The highest BCUT2D eigenvalue weighted by atomic mass is 19.4. The molecule has 10 heteroatoms. The van der Waals surface area contributed by atoms with E-state index < -0.39 is 12.7 Å². The SMILES string of the molecule is Nc1cc(-c2ccc(OC(F)(F)F)cc2)cnc1-c1ccc(OC(F)(F)F)cc1. The molecule has 3 aromatic rings. The summed E-state index contributed by atoms with van der Waals surface area (Å²) >= 11 is 0. The number of nitrogens with two attached hydrogens (primary N) is 1. The van der Waals surface area contributed by atoms with Gasteiger partial charge in [-0.2, -0.15) is 0 Å². The second-order valence-electron chi connectivity index (χ2n) is 5.81. The zero-order chi connectivity index (χ0) is 21.2. The Hall–Kier alpha value is -3.43. The summed E-state index contributed by atoms with van der Waals surface area (Å²) < 4.78 is 80.9. The average Bonchev–Trinajstić information content (AvgIpc) is 2.60. The van der Waals surface area contributed by atoms with Crippen molar-refractivity contribution in [2.45, 2.75) is 12.7 Å². The zero-order valence-electron chi connectivity index (χ0n) is 14.4. The van der Waals surface area contributed by atoms with E-state index in [1.807, 2.05) is 0 Å². The molecule has 0 bridgehead atoms. The zero-order valence-corrected chi connectivity index (χ0v) is 14.4. The van der Waals surface area contributed by atoms with Gasteiger partial charge < -0.3 is 15.2 Å². The molecule has 0 saturated heterocycles. The third-order valence-electron chi connectivity index (χ3n) is 3.70. The van der Waals surface area contributed by atoms with Crippen LogP contribution < -0.4 is 15.2 Å². The highest BCUT2D eigenvalue weighted by molar-refractivity contribution is 5.77. The molecule has 0 amide bonds. The van der Waals surface area contributed by atoms with Crippen LogP contribution in [0.2, 0.25) is 0 Å². The topological polar surface area (TPSA) is 57.4 Å². The summed E-state index contributed by atoms with van der Waals surface area (Å²) in [5.41, 5.74) is 8.14. The van der Waals surface area contributed by atoms with E-state index in [9.17, 15) is 26.3 Å². The summed E-state index contributed by atoms with van der Waals surface area (Å²) in [5, 5.41) is 0. The van der Waals surface area contributed by atoms with E-state index in [1.54, 1.807) is 6.07 Å². The number of alkyl halides is 6. The molecule has 2 aromatic carbocycles. The van der Waals surface area contributed by atoms with Crippen molar-refractivity contribution in [3.63, 3.8) is 0 Å². The van der Waals surface area contributed by atoms with E-state index in [0.717, 1.165) is 24.3 Å². The molecule has 1 aromatic heterocycles. The van der Waals surface area contributed by atoms with Gasteiger partial charge in [0, 0.05) is 17.3 Å². The second kappa shape index (κ2) is 7.53. The van der Waals surface area contributed by atoms with Gasteiger partial charge in [0.25, 0.3) is 0 Å². The van der Waals surface area contributed by atoms with Crippen LogP contribution in [0.4, 0.5) is 32.0 Å². The molecule has 0 spiro atoms. The monoisotopic (exact) mass is 414 g/mol. The van der Waals surface area contributed by atoms with Gasteiger partial charge in [-0.3, -0.25) is 4.98 Å². The summed E-state index contributed by atoms with van der Waals surface area (Å²) in [5.74, 6) is -0.738. The Labute approximate surface area is 160 Å². The molecular formula is C19H12F6N2O2. The first kappa shape index (κ1) is 20.3. The first-order valence-corrected chi connectivity index (χ1v) is 7.98. The summed E-state index contributed by atoms with van der Waals surface area (Å²) in [6.07, 6.45) is -8.12. The molecule has 0 aliphatic heterocycles. The Balaban J connectivity index is 1.80. The number of benzene rings is 2. The van der Waals surface area contributed by atoms with Crippen LogP contribution in [0.3, 0.4) is 0 Å². The van der Waals surface area contributed by atoms with Crippen molar-refractivity contribution >= 4 is 5.69 Å². The van der Waals surface area contributed by atoms with Crippen LogP contribution in [0.1, 0.15) is 0 Å². The molecule has 29 heavy (non-hydrogen) atoms. The van der Waals surface area contributed by atoms with E-state index in [4.69, 9.17) is 5.73 Å². The van der Waals surface area contributed by atoms with E-state index in [2.05, 4.69) is 14.5 Å². The van der Waals surface area contributed by atoms with Crippen molar-refractivity contribution in [3.8, 4) is 33.9 Å². The van der Waals surface area contributed by atoms with Gasteiger partial charge in [0.2, 0.25) is 0 Å². The van der Waals surface area contributed by atoms with Crippen molar-refractivity contribution in [1.29, 1.82) is 0 Å². The van der Waals surface area contributed by atoms with Gasteiger partial charge in [0.1, 0.15) is 11.5 Å². The van der Waals surface area contributed by atoms with Crippen LogP contribution in [-0.2, 0) is 0 Å². The van der Waals surface area contributed by atoms with Gasteiger partial charge in [-0.25, -0.2) is 0 Å². The van der Waals surface area contributed by atoms with Crippen LogP contribution in [0, 0.1) is 0 Å². The summed E-state index contributed by atoms with van der Waals surface area (Å²) in [4.78, 5) is 4.21. The fourth-order valence-electron chi connectivity index (χ4n) is 2.54. The lowest BCUT2D eigenvalue weighted by molar-refractivity contribution is -0.275. The van der Waals surface area contributed by atoms with Gasteiger partial charge in [-0.15, -0.1) is 26.3 Å². The molecule has 1 heterocycles. The maximum atomic E-state index is 12.2. The highest BCUT2D eigenvalue weighted by Gasteiger charge is 2.31. The lowest BCUT2D eigenvalue weighted by atomic mass is 10.0. The fraction of sp³-hybridized carbons (Fsp3) is 0.105. The molecule has 0 radical (unpaired) electrons. The number of hydrogen-bond donors (Lipinski definition) is 1. The third-order valence-corrected chi connectivity index (χ3v) is 3.70. The number of anilines is 1. The number of rotatable bonds is 4. The molecule has 0 fully saturated rings. The van der Waals surface area contributed by atoms with Gasteiger partial charge in [-0.05, 0) is 48.0 Å². The normalized spacial score (nSPS) is 11.9. The van der Waals surface area contributed by atoms with E-state index in [-0.39, 0.29) is 17.2 Å². The van der Waals surface area contributed by atoms with Crippen LogP contribution in [-0.4, -0.2) is 17.7 Å². The molecular weight excluding hydrogens is 402 g/mol. The standard InChI is InChI=1S/C19H12F6N2O2/c20-18(21,22)28-14-5-1-11(2-6-14)13-9-16(26)17(27-10-13)12-3-7-15(8-4-12)29-19(23,24)25/h1-10H,26H2. The first-order chi connectivity index (χ1) is 13.5. The number of pyridine rings is 1. The Morgan fingerprint density at radius 3 is 1.52 bits per heavy atom. The minimum absolute atomic E-state index is 0.239. The minimum Gasteiger partial charge on any atom is -0.406 e. The summed E-state index contributed by atoms with van der Waals surface area (Å²) in [6.45, 7) is 0. The minimum atomic E-state index is -4.79. The largest absolute Gasteiger partial charge is 0.573 e. The predicted octanol–water partition coefficient (Wildman–Crippen LogP) is 5.80. The van der Waals surface area contributed by atoms with Crippen molar-refractivity contribution in [1.82, 2.24) is 4.98 Å². The second-order valence-corrected chi connectivity index (χ2v) is 5.81. The van der Waals surface area contributed by atoms with E-state index in [0.29, 0.717) is 22.4 Å². The van der Waals surface area contributed by atoms with Gasteiger partial charge in [-0.1, -0.05) is 12.1 Å². The Kier molecular flexibility index (Phi) is 5.27. The summed E-state index contributed by atoms with van der Waals surface area (Å²) in [6, 6.07) is 11.7. The van der Waals surface area contributed by atoms with E-state index in [1.165, 1.54) is 30.5 Å². The third kappa shape index (κ3) is 5.53. The molecule has 152 valence electrons. The first-order valence-electron chi connectivity index (χ1n) is 7.98. The number of ether oxygens (including phenoxy) is 2. The molecule has 0 aliphatic carbocycles. The van der Waals surface area contributed by atoms with Crippen LogP contribution in [0.15, 0.2) is 60.8 Å². The van der Waals surface area contributed by atoms with Gasteiger partial charge in [0.15, 0.2) is 0 Å². The average molecular weight is 414 g/mol. The molecule has 4 nitrogen and oxygen atoms in total. The van der Waals surface area contributed by atoms with Gasteiger partial charge >= 0.3 is 12.7 Å². The van der Waals surface area contributed by atoms with Crippen molar-refractivity contribution in [3.05, 3.63) is 60.8 Å². The molecule has 0 unspecified atom stereocenters. The molecule has 2 N–H and O–H groups in total. The van der Waals surface area contributed by atoms with E-state index >= 15 is 0 Å². The van der Waals surface area contributed by atoms with Crippen molar-refractivity contribution < 1.29 is 35.8 Å². The lowest BCUT2D eigenvalue weighted by Crippen LogP contribution is -2.17. The molecule has 0 saturated carbocycles. The quantitative estimate of drug-likeness (QED) is 0.549. The Morgan fingerprint density at radius 2 is 1.10 bits per heavy atom. The predicted molar refractivity (Wildman–Crippen MR) is 92.9 cm³/mol. The summed E-state index contributed by atoms with van der Waals surface area (Å²) in [7, 11) is 0. The molecule has 3 rings (SSSR count). The number of nitrogens with zero attached hydrogens (tertiary/aromatic N) is 1. The number of nitrogen functional groups attached to an aromatic ring is 1. The highest BCUT2D eigenvalue weighted by Crippen LogP contribution is 2.32. The molecule has 0 aliphatic rings. The van der Waals surface area contributed by atoms with Crippen molar-refractivity contribution in [2.24, 2.45) is 0 Å². The van der Waals surface area contributed by atoms with Crippen molar-refractivity contribution in [2.75, 3.05) is 5.73 Å². The van der Waals surface area contributed by atoms with Crippen LogP contribution >= 0.6 is 0 Å². The maximum Gasteiger partial charge on any atom is 0.573 e. The Bertz CT molecular complexity index is 984. The van der Waals surface area contributed by atoms with Crippen LogP contribution in [0.5, 0.6) is 11.5 Å². The van der Waals surface area contributed by atoms with Gasteiger partial charge in [0.05, 0.1) is 11.4 Å². The smallest absolute Gasteiger partial charge is 0.406 e. The maximum absolute atomic E-state index is 12.2. The number of hydrogen-bond acceptors (Lipinski definition) is 4. The Morgan fingerprint density at radius 1 is 0.655 bits per heavy atom.